The van der Waals surface area contributed by atoms with Gasteiger partial charge in [-0.2, -0.15) is 0 Å². The number of nitrogens with one attached hydrogen (secondary N) is 2. The van der Waals surface area contributed by atoms with E-state index in [1.807, 2.05) is 0 Å². The Morgan fingerprint density at radius 1 is 1.15 bits per heavy atom. The second kappa shape index (κ2) is 11.7. The Balaban J connectivity index is 1.77. The van der Waals surface area contributed by atoms with Gasteiger partial charge in [-0.1, -0.05) is 42.5 Å². The third-order valence-corrected chi connectivity index (χ3v) is 7.00. The minimum absolute atomic E-state index is 0.0792. The molecule has 0 radical (unpaired) electrons. The van der Waals surface area contributed by atoms with Crippen LogP contribution in [0.5, 0.6) is 5.75 Å². The molecule has 2 aromatic rings. The second-order valence-corrected chi connectivity index (χ2v) is 9.57. The van der Waals surface area contributed by atoms with E-state index in [0.29, 0.717) is 16.3 Å². The fourth-order valence-corrected chi connectivity index (χ4v) is 5.25. The first-order valence-electron chi connectivity index (χ1n) is 10.8. The number of ether oxygens (including phenoxy) is 2. The monoisotopic (exact) mass is 512 g/mol. The van der Waals surface area contributed by atoms with Crippen molar-refractivity contribution in [1.82, 2.24) is 5.32 Å². The van der Waals surface area contributed by atoms with E-state index < -0.39 is 11.9 Å². The summed E-state index contributed by atoms with van der Waals surface area (Å²) in [7, 11) is 0. The molecule has 0 bridgehead atoms. The van der Waals surface area contributed by atoms with Crippen molar-refractivity contribution in [3.63, 3.8) is 0 Å². The Morgan fingerprint density at radius 3 is 2.55 bits per heavy atom. The molecule has 178 valence electrons. The molecule has 1 aliphatic carbocycles. The van der Waals surface area contributed by atoms with Gasteiger partial charge in [-0.25, -0.2) is 4.79 Å². The highest BCUT2D eigenvalue weighted by Gasteiger charge is 2.28. The van der Waals surface area contributed by atoms with Gasteiger partial charge in [-0.05, 0) is 50.5 Å². The van der Waals surface area contributed by atoms with Crippen molar-refractivity contribution in [2.75, 3.05) is 18.5 Å². The summed E-state index contributed by atoms with van der Waals surface area (Å²) in [4.78, 5) is 38.4. The number of carbonyl (C=O) groups excluding carboxylic acids is 3. The molecule has 0 saturated heterocycles. The normalized spacial score (nSPS) is 13.9. The highest BCUT2D eigenvalue weighted by Crippen LogP contribution is 2.34. The van der Waals surface area contributed by atoms with E-state index in [4.69, 9.17) is 32.7 Å². The number of benzene rings is 1. The number of thiophene rings is 1. The zero-order valence-electron chi connectivity index (χ0n) is 18.5. The smallest absolute Gasteiger partial charge is 0.348 e. The number of anilines is 1. The minimum atomic E-state index is -0.531. The molecule has 1 saturated carbocycles. The van der Waals surface area contributed by atoms with Gasteiger partial charge < -0.3 is 20.1 Å². The van der Waals surface area contributed by atoms with Crippen molar-refractivity contribution < 1.29 is 23.9 Å². The van der Waals surface area contributed by atoms with Gasteiger partial charge in [0.1, 0.15) is 15.6 Å². The van der Waals surface area contributed by atoms with E-state index in [-0.39, 0.29) is 45.6 Å². The van der Waals surface area contributed by atoms with Gasteiger partial charge in [0.05, 0.1) is 17.2 Å². The number of hydrogen-bond acceptors (Lipinski definition) is 6. The number of esters is 1. The molecule has 2 amide bonds. The molecule has 1 aromatic heterocycles. The van der Waals surface area contributed by atoms with Crippen molar-refractivity contribution >= 4 is 57.3 Å². The summed E-state index contributed by atoms with van der Waals surface area (Å²) in [5.41, 5.74) is 0.746. The summed E-state index contributed by atoms with van der Waals surface area (Å²) in [6.45, 7) is 3.26. The molecule has 1 fully saturated rings. The predicted octanol–water partition coefficient (Wildman–Crippen LogP) is 5.62. The third kappa shape index (κ3) is 6.62. The zero-order valence-corrected chi connectivity index (χ0v) is 20.8. The van der Waals surface area contributed by atoms with E-state index in [1.165, 1.54) is 6.07 Å². The molecule has 0 atom stereocenters. The van der Waals surface area contributed by atoms with Gasteiger partial charge in [-0.15, -0.1) is 11.3 Å². The van der Waals surface area contributed by atoms with Crippen LogP contribution >= 0.6 is 34.5 Å². The number of halogens is 2. The van der Waals surface area contributed by atoms with Crippen LogP contribution < -0.4 is 15.4 Å². The minimum Gasteiger partial charge on any atom is -0.482 e. The van der Waals surface area contributed by atoms with Crippen LogP contribution in [0.15, 0.2) is 18.2 Å². The van der Waals surface area contributed by atoms with E-state index in [2.05, 4.69) is 10.6 Å². The molecule has 3 rings (SSSR count). The molecule has 2 N–H and O–H groups in total. The van der Waals surface area contributed by atoms with Crippen LogP contribution in [-0.2, 0) is 9.53 Å². The summed E-state index contributed by atoms with van der Waals surface area (Å²) in [6.07, 6.45) is 5.12. The molecule has 0 unspecified atom stereocenters. The Bertz CT molecular complexity index is 1030. The van der Waals surface area contributed by atoms with Crippen LogP contribution in [-0.4, -0.2) is 37.0 Å². The zero-order chi connectivity index (χ0) is 24.0. The summed E-state index contributed by atoms with van der Waals surface area (Å²) >= 11 is 13.0. The first-order chi connectivity index (χ1) is 15.8. The van der Waals surface area contributed by atoms with Crippen molar-refractivity contribution in [2.45, 2.75) is 52.0 Å². The van der Waals surface area contributed by atoms with Gasteiger partial charge in [0.15, 0.2) is 6.61 Å². The van der Waals surface area contributed by atoms with E-state index in [0.717, 1.165) is 43.4 Å². The Kier molecular flexibility index (Phi) is 9.00. The molecular weight excluding hydrogens is 487 g/mol. The van der Waals surface area contributed by atoms with Crippen molar-refractivity contribution in [3.05, 3.63) is 44.2 Å². The lowest BCUT2D eigenvalue weighted by Gasteiger charge is -2.23. The van der Waals surface area contributed by atoms with Gasteiger partial charge in [0, 0.05) is 11.1 Å². The average molecular weight is 513 g/mol. The predicted molar refractivity (Wildman–Crippen MR) is 130 cm³/mol. The van der Waals surface area contributed by atoms with Gasteiger partial charge in [-0.3, -0.25) is 9.59 Å². The number of rotatable bonds is 8. The lowest BCUT2D eigenvalue weighted by Crippen LogP contribution is -2.36. The molecule has 7 nitrogen and oxygen atoms in total. The van der Waals surface area contributed by atoms with Crippen molar-refractivity contribution in [2.24, 2.45) is 0 Å². The molecule has 0 aliphatic heterocycles. The Hall–Kier alpha value is -2.29. The van der Waals surface area contributed by atoms with Crippen LogP contribution in [0.2, 0.25) is 10.0 Å². The van der Waals surface area contributed by atoms with Crippen LogP contribution in [0, 0.1) is 6.92 Å². The molecule has 1 aliphatic rings. The second-order valence-electron chi connectivity index (χ2n) is 7.70. The van der Waals surface area contributed by atoms with Crippen LogP contribution in [0.3, 0.4) is 0 Å². The summed E-state index contributed by atoms with van der Waals surface area (Å²) in [5, 5.41) is 6.76. The lowest BCUT2D eigenvalue weighted by molar-refractivity contribution is -0.118. The summed E-state index contributed by atoms with van der Waals surface area (Å²) in [6, 6.07) is 4.76. The van der Waals surface area contributed by atoms with Crippen LogP contribution in [0.1, 0.15) is 64.6 Å². The molecule has 1 aromatic carbocycles. The van der Waals surface area contributed by atoms with E-state index in [9.17, 15) is 14.4 Å². The highest BCUT2D eigenvalue weighted by molar-refractivity contribution is 7.18. The van der Waals surface area contributed by atoms with Crippen LogP contribution in [0.4, 0.5) is 5.00 Å². The molecule has 1 heterocycles. The topological polar surface area (TPSA) is 93.7 Å². The van der Waals surface area contributed by atoms with E-state index >= 15 is 0 Å². The number of carbonyl (C=O) groups is 3. The summed E-state index contributed by atoms with van der Waals surface area (Å²) < 4.78 is 10.6. The lowest BCUT2D eigenvalue weighted by atomic mass is 9.95. The maximum atomic E-state index is 13.1. The number of amides is 2. The first-order valence-corrected chi connectivity index (χ1v) is 12.4. The SMILES string of the molecule is CCOC(=O)c1sc(NC(=O)COc2ccc(Cl)cc2Cl)c(C(=O)NC2CCCCC2)c1C. The van der Waals surface area contributed by atoms with Crippen molar-refractivity contribution in [1.29, 1.82) is 0 Å². The van der Waals surface area contributed by atoms with Gasteiger partial charge >= 0.3 is 5.97 Å². The molecular formula is C23H26Cl2N2O5S. The molecule has 33 heavy (non-hydrogen) atoms. The number of hydrogen-bond donors (Lipinski definition) is 2. The maximum Gasteiger partial charge on any atom is 0.348 e. The van der Waals surface area contributed by atoms with E-state index in [1.54, 1.807) is 26.0 Å². The Morgan fingerprint density at radius 2 is 1.88 bits per heavy atom. The highest BCUT2D eigenvalue weighted by atomic mass is 35.5. The average Bonchev–Trinajstić information content (AvgIpc) is 3.09. The summed E-state index contributed by atoms with van der Waals surface area (Å²) in [5.74, 6) is -1.04. The molecule has 0 spiro atoms. The standard InChI is InChI=1S/C23H26Cl2N2O5S/c1-3-31-23(30)20-13(2)19(21(29)26-15-7-5-4-6-8-15)22(33-20)27-18(28)12-32-17-10-9-14(24)11-16(17)25/h9-11,15H,3-8,12H2,1-2H3,(H,26,29)(H,27,28). The van der Waals surface area contributed by atoms with Gasteiger partial charge in [0.25, 0.3) is 11.8 Å². The molecule has 10 heteroatoms. The fraction of sp³-hybridized carbons (Fsp3) is 0.435. The van der Waals surface area contributed by atoms with Gasteiger partial charge in [0.2, 0.25) is 0 Å². The first kappa shape index (κ1) is 25.3. The third-order valence-electron chi connectivity index (χ3n) is 5.28. The largest absolute Gasteiger partial charge is 0.482 e. The Labute approximate surface area is 206 Å². The maximum absolute atomic E-state index is 13.1. The van der Waals surface area contributed by atoms with Crippen LogP contribution in [0.25, 0.3) is 0 Å². The fourth-order valence-electron chi connectivity index (χ4n) is 3.67. The van der Waals surface area contributed by atoms with Crippen molar-refractivity contribution in [3.8, 4) is 5.75 Å². The quantitative estimate of drug-likeness (QED) is 0.447.